The van der Waals surface area contributed by atoms with Crippen molar-refractivity contribution in [3.63, 3.8) is 0 Å². The number of pyridine rings is 1. The zero-order valence-electron chi connectivity index (χ0n) is 10.5. The summed E-state index contributed by atoms with van der Waals surface area (Å²) >= 11 is 3.04. The SMILES string of the molecule is CN(c1ncc(Br)cc1C(F)(F)F)C1CCCNC1. The molecule has 0 saturated carbocycles. The van der Waals surface area contributed by atoms with Crippen LogP contribution in [0.25, 0.3) is 0 Å². The summed E-state index contributed by atoms with van der Waals surface area (Å²) in [5.74, 6) is -0.00981. The maximum atomic E-state index is 13.1. The molecule has 0 amide bonds. The number of piperidine rings is 1. The summed E-state index contributed by atoms with van der Waals surface area (Å²) in [7, 11) is 1.67. The molecule has 1 aromatic rings. The molecule has 1 aromatic heterocycles. The van der Waals surface area contributed by atoms with Gasteiger partial charge < -0.3 is 10.2 Å². The molecule has 1 fully saturated rings. The Labute approximate surface area is 118 Å². The van der Waals surface area contributed by atoms with E-state index in [9.17, 15) is 13.2 Å². The van der Waals surface area contributed by atoms with E-state index in [4.69, 9.17) is 0 Å². The van der Waals surface area contributed by atoms with Gasteiger partial charge in [0.25, 0.3) is 0 Å². The Kier molecular flexibility index (Phi) is 4.35. The van der Waals surface area contributed by atoms with Crippen LogP contribution in [0.15, 0.2) is 16.7 Å². The maximum absolute atomic E-state index is 13.1. The van der Waals surface area contributed by atoms with Crippen LogP contribution in [0, 0.1) is 0 Å². The van der Waals surface area contributed by atoms with E-state index in [2.05, 4.69) is 26.2 Å². The third-order valence-electron chi connectivity index (χ3n) is 3.29. The number of alkyl halides is 3. The van der Waals surface area contributed by atoms with Crippen molar-refractivity contribution in [3.05, 3.63) is 22.3 Å². The minimum Gasteiger partial charge on any atom is -0.355 e. The van der Waals surface area contributed by atoms with E-state index < -0.39 is 11.7 Å². The topological polar surface area (TPSA) is 28.2 Å². The van der Waals surface area contributed by atoms with Gasteiger partial charge in [-0.2, -0.15) is 13.2 Å². The van der Waals surface area contributed by atoms with Gasteiger partial charge in [-0.05, 0) is 41.4 Å². The Hall–Kier alpha value is -0.820. The van der Waals surface area contributed by atoms with Crippen molar-refractivity contribution in [2.24, 2.45) is 0 Å². The molecular weight excluding hydrogens is 323 g/mol. The molecule has 0 bridgehead atoms. The fourth-order valence-electron chi connectivity index (χ4n) is 2.26. The molecule has 106 valence electrons. The fraction of sp³-hybridized carbons (Fsp3) is 0.583. The van der Waals surface area contributed by atoms with E-state index in [1.165, 1.54) is 6.20 Å². The highest BCUT2D eigenvalue weighted by Crippen LogP contribution is 2.37. The second-order valence-electron chi connectivity index (χ2n) is 4.63. The Balaban J connectivity index is 2.32. The van der Waals surface area contributed by atoms with E-state index in [0.29, 0.717) is 11.0 Å². The average Bonchev–Trinajstić information content (AvgIpc) is 2.38. The van der Waals surface area contributed by atoms with Gasteiger partial charge in [-0.25, -0.2) is 4.98 Å². The van der Waals surface area contributed by atoms with Gasteiger partial charge in [0.15, 0.2) is 0 Å². The molecule has 0 spiro atoms. The van der Waals surface area contributed by atoms with Crippen LogP contribution in [-0.4, -0.2) is 31.2 Å². The second-order valence-corrected chi connectivity index (χ2v) is 5.55. The van der Waals surface area contributed by atoms with E-state index >= 15 is 0 Å². The molecule has 2 rings (SSSR count). The Morgan fingerprint density at radius 3 is 2.79 bits per heavy atom. The third kappa shape index (κ3) is 3.39. The van der Waals surface area contributed by atoms with Gasteiger partial charge in [0.05, 0.1) is 5.56 Å². The molecule has 1 saturated heterocycles. The fourth-order valence-corrected chi connectivity index (χ4v) is 2.59. The number of halogens is 4. The molecule has 1 unspecified atom stereocenters. The van der Waals surface area contributed by atoms with Gasteiger partial charge in [0.1, 0.15) is 5.82 Å². The monoisotopic (exact) mass is 337 g/mol. The lowest BCUT2D eigenvalue weighted by molar-refractivity contribution is -0.137. The number of anilines is 1. The first-order valence-electron chi connectivity index (χ1n) is 6.06. The molecule has 2 heterocycles. The highest BCUT2D eigenvalue weighted by molar-refractivity contribution is 9.10. The Morgan fingerprint density at radius 1 is 1.47 bits per heavy atom. The second kappa shape index (κ2) is 5.66. The zero-order valence-corrected chi connectivity index (χ0v) is 12.1. The minimum atomic E-state index is -4.40. The van der Waals surface area contributed by atoms with Crippen LogP contribution in [0.4, 0.5) is 19.0 Å². The first-order valence-corrected chi connectivity index (χ1v) is 6.85. The smallest absolute Gasteiger partial charge is 0.355 e. The molecule has 1 N–H and O–H groups in total. The van der Waals surface area contributed by atoms with Crippen molar-refractivity contribution >= 4 is 21.7 Å². The van der Waals surface area contributed by atoms with Crippen LogP contribution >= 0.6 is 15.9 Å². The Morgan fingerprint density at radius 2 is 2.21 bits per heavy atom. The van der Waals surface area contributed by atoms with Gasteiger partial charge >= 0.3 is 6.18 Å². The number of likely N-dealkylation sites (N-methyl/N-ethyl adjacent to an activating group) is 1. The molecule has 1 aliphatic heterocycles. The van der Waals surface area contributed by atoms with Crippen LogP contribution in [0.1, 0.15) is 18.4 Å². The summed E-state index contributed by atoms with van der Waals surface area (Å²) < 4.78 is 39.5. The van der Waals surface area contributed by atoms with Gasteiger partial charge in [0, 0.05) is 30.3 Å². The normalized spacial score (nSPS) is 20.4. The lowest BCUT2D eigenvalue weighted by Gasteiger charge is -2.33. The highest BCUT2D eigenvalue weighted by atomic mass is 79.9. The molecule has 0 radical (unpaired) electrons. The first-order chi connectivity index (χ1) is 8.89. The lowest BCUT2D eigenvalue weighted by Crippen LogP contribution is -2.45. The van der Waals surface area contributed by atoms with Crippen molar-refractivity contribution in [2.45, 2.75) is 25.1 Å². The summed E-state index contributed by atoms with van der Waals surface area (Å²) in [6, 6.07) is 1.12. The number of rotatable bonds is 2. The molecule has 7 heteroatoms. The van der Waals surface area contributed by atoms with Crippen molar-refractivity contribution in [1.29, 1.82) is 0 Å². The van der Waals surface area contributed by atoms with Crippen LogP contribution in [0.5, 0.6) is 0 Å². The molecule has 1 atom stereocenters. The third-order valence-corrected chi connectivity index (χ3v) is 3.73. The standard InChI is InChI=1S/C12H15BrF3N3/c1-19(9-3-2-4-17-7-9)11-10(12(14,15)16)5-8(13)6-18-11/h5-6,9,17H,2-4,7H2,1H3. The molecule has 0 aromatic carbocycles. The quantitative estimate of drug-likeness (QED) is 0.898. The molecule has 0 aliphatic carbocycles. The van der Waals surface area contributed by atoms with Crippen LogP contribution in [0.2, 0.25) is 0 Å². The number of hydrogen-bond acceptors (Lipinski definition) is 3. The van der Waals surface area contributed by atoms with Crippen molar-refractivity contribution in [2.75, 3.05) is 25.0 Å². The van der Waals surface area contributed by atoms with Gasteiger partial charge in [-0.15, -0.1) is 0 Å². The maximum Gasteiger partial charge on any atom is 0.419 e. The average molecular weight is 338 g/mol. The lowest BCUT2D eigenvalue weighted by atomic mass is 10.1. The summed E-state index contributed by atoms with van der Waals surface area (Å²) in [5, 5.41) is 3.20. The molecule has 19 heavy (non-hydrogen) atoms. The number of aromatic nitrogens is 1. The zero-order chi connectivity index (χ0) is 14.0. The number of hydrogen-bond donors (Lipinski definition) is 1. The summed E-state index contributed by atoms with van der Waals surface area (Å²) in [5.41, 5.74) is -0.699. The van der Waals surface area contributed by atoms with Crippen molar-refractivity contribution < 1.29 is 13.2 Å². The largest absolute Gasteiger partial charge is 0.419 e. The minimum absolute atomic E-state index is 0.00981. The molecule has 1 aliphatic rings. The van der Waals surface area contributed by atoms with E-state index in [1.54, 1.807) is 11.9 Å². The van der Waals surface area contributed by atoms with Crippen molar-refractivity contribution in [1.82, 2.24) is 10.3 Å². The molecule has 3 nitrogen and oxygen atoms in total. The first kappa shape index (κ1) is 14.6. The summed E-state index contributed by atoms with van der Waals surface area (Å²) in [4.78, 5) is 5.58. The Bertz CT molecular complexity index is 444. The van der Waals surface area contributed by atoms with Gasteiger partial charge in [-0.3, -0.25) is 0 Å². The van der Waals surface area contributed by atoms with Crippen LogP contribution < -0.4 is 10.2 Å². The summed E-state index contributed by atoms with van der Waals surface area (Å²) in [6.07, 6.45) is -1.16. The van der Waals surface area contributed by atoms with Crippen LogP contribution in [0.3, 0.4) is 0 Å². The predicted molar refractivity (Wildman–Crippen MR) is 71.2 cm³/mol. The van der Waals surface area contributed by atoms with Gasteiger partial charge in [0.2, 0.25) is 0 Å². The predicted octanol–water partition coefficient (Wildman–Crippen LogP) is 3.05. The van der Waals surface area contributed by atoms with E-state index in [-0.39, 0.29) is 11.9 Å². The highest BCUT2D eigenvalue weighted by Gasteiger charge is 2.36. The van der Waals surface area contributed by atoms with E-state index in [1.807, 2.05) is 0 Å². The number of nitrogens with one attached hydrogen (secondary N) is 1. The summed E-state index contributed by atoms with van der Waals surface area (Å²) in [6.45, 7) is 1.61. The van der Waals surface area contributed by atoms with Crippen molar-refractivity contribution in [3.8, 4) is 0 Å². The van der Waals surface area contributed by atoms with Gasteiger partial charge in [-0.1, -0.05) is 0 Å². The van der Waals surface area contributed by atoms with E-state index in [0.717, 1.165) is 25.5 Å². The number of nitrogens with zero attached hydrogens (tertiary/aromatic N) is 2. The molecular formula is C12H15BrF3N3. The van der Waals surface area contributed by atoms with Crippen LogP contribution in [-0.2, 0) is 6.18 Å².